The number of carbonyl (C=O) groups excluding carboxylic acids is 1. The largest absolute Gasteiger partial charge is 0.481 e. The molecule has 5 nitrogen and oxygen atoms in total. The summed E-state index contributed by atoms with van der Waals surface area (Å²) in [6, 6.07) is 7.47. The molecule has 0 aliphatic carbocycles. The van der Waals surface area contributed by atoms with Crippen LogP contribution in [0.4, 0.5) is 5.69 Å². The molecule has 0 spiro atoms. The highest BCUT2D eigenvalue weighted by molar-refractivity contribution is 7.99. The van der Waals surface area contributed by atoms with E-state index in [1.165, 1.54) is 11.8 Å². The third kappa shape index (κ3) is 5.40. The summed E-state index contributed by atoms with van der Waals surface area (Å²) >= 11 is 1.33. The number of thioether (sulfide) groups is 1. The van der Waals surface area contributed by atoms with Crippen molar-refractivity contribution in [3.8, 4) is 0 Å². The van der Waals surface area contributed by atoms with Crippen molar-refractivity contribution in [3.63, 3.8) is 0 Å². The van der Waals surface area contributed by atoms with Crippen LogP contribution in [0.5, 0.6) is 0 Å². The lowest BCUT2D eigenvalue weighted by Gasteiger charge is -2.21. The molecule has 0 radical (unpaired) electrons. The minimum atomic E-state index is -0.820. The number of benzene rings is 1. The second kappa shape index (κ2) is 8.05. The van der Waals surface area contributed by atoms with Crippen molar-refractivity contribution < 1.29 is 19.4 Å². The predicted molar refractivity (Wildman–Crippen MR) is 82.5 cm³/mol. The molecule has 21 heavy (non-hydrogen) atoms. The van der Waals surface area contributed by atoms with Gasteiger partial charge in [0, 0.05) is 18.0 Å². The molecule has 1 unspecified atom stereocenters. The lowest BCUT2D eigenvalue weighted by molar-refractivity contribution is -0.134. The van der Waals surface area contributed by atoms with E-state index in [0.717, 1.165) is 30.5 Å². The SMILES string of the molecule is O=C(O)CSCc1cccc(NC(=O)C2CCCCO2)c1. The van der Waals surface area contributed by atoms with Gasteiger partial charge in [0.1, 0.15) is 6.10 Å². The minimum absolute atomic E-state index is 0.0759. The highest BCUT2D eigenvalue weighted by Gasteiger charge is 2.21. The Morgan fingerprint density at radius 1 is 1.38 bits per heavy atom. The summed E-state index contributed by atoms with van der Waals surface area (Å²) in [6.07, 6.45) is 2.44. The second-order valence-electron chi connectivity index (χ2n) is 4.93. The number of ether oxygens (including phenoxy) is 1. The number of aliphatic carboxylic acids is 1. The molecule has 1 fully saturated rings. The summed E-state index contributed by atoms with van der Waals surface area (Å²) in [7, 11) is 0. The molecule has 1 atom stereocenters. The Bertz CT molecular complexity index is 500. The van der Waals surface area contributed by atoms with Crippen molar-refractivity contribution in [2.75, 3.05) is 17.7 Å². The molecule has 1 heterocycles. The average molecular weight is 309 g/mol. The second-order valence-corrected chi connectivity index (χ2v) is 5.92. The summed E-state index contributed by atoms with van der Waals surface area (Å²) < 4.78 is 5.45. The smallest absolute Gasteiger partial charge is 0.313 e. The molecule has 0 saturated carbocycles. The number of carboxylic acids is 1. The fraction of sp³-hybridized carbons (Fsp3) is 0.467. The zero-order valence-electron chi connectivity index (χ0n) is 11.7. The van der Waals surface area contributed by atoms with Crippen LogP contribution in [-0.2, 0) is 20.1 Å². The van der Waals surface area contributed by atoms with Gasteiger partial charge < -0.3 is 15.2 Å². The maximum Gasteiger partial charge on any atom is 0.313 e. The summed E-state index contributed by atoms with van der Waals surface area (Å²) in [5.41, 5.74) is 1.71. The number of hydrogen-bond donors (Lipinski definition) is 2. The van der Waals surface area contributed by atoms with Crippen molar-refractivity contribution in [3.05, 3.63) is 29.8 Å². The van der Waals surface area contributed by atoms with Gasteiger partial charge in [0.2, 0.25) is 0 Å². The Kier molecular flexibility index (Phi) is 6.07. The maximum atomic E-state index is 12.1. The molecule has 1 aromatic rings. The van der Waals surface area contributed by atoms with Gasteiger partial charge in [-0.25, -0.2) is 0 Å². The van der Waals surface area contributed by atoms with Gasteiger partial charge in [-0.15, -0.1) is 11.8 Å². The molecular weight excluding hydrogens is 290 g/mol. The zero-order chi connectivity index (χ0) is 15.1. The lowest BCUT2D eigenvalue weighted by Crippen LogP contribution is -2.33. The van der Waals surface area contributed by atoms with E-state index in [0.29, 0.717) is 12.4 Å². The highest BCUT2D eigenvalue weighted by Crippen LogP contribution is 2.18. The van der Waals surface area contributed by atoms with Crippen molar-refractivity contribution in [1.82, 2.24) is 0 Å². The van der Waals surface area contributed by atoms with E-state index in [1.807, 2.05) is 24.3 Å². The molecule has 2 rings (SSSR count). The van der Waals surface area contributed by atoms with Crippen molar-refractivity contribution in [2.24, 2.45) is 0 Å². The number of carbonyl (C=O) groups is 2. The third-order valence-corrected chi connectivity index (χ3v) is 4.15. The average Bonchev–Trinajstić information content (AvgIpc) is 2.48. The molecule has 1 aromatic carbocycles. The Balaban J connectivity index is 1.87. The van der Waals surface area contributed by atoms with Crippen LogP contribution in [0.3, 0.4) is 0 Å². The van der Waals surface area contributed by atoms with Crippen LogP contribution in [0.25, 0.3) is 0 Å². The summed E-state index contributed by atoms with van der Waals surface area (Å²) in [6.45, 7) is 0.643. The topological polar surface area (TPSA) is 75.6 Å². The lowest BCUT2D eigenvalue weighted by atomic mass is 10.1. The molecule has 1 saturated heterocycles. The van der Waals surface area contributed by atoms with Crippen LogP contribution in [0.2, 0.25) is 0 Å². The van der Waals surface area contributed by atoms with Gasteiger partial charge in [0.25, 0.3) is 5.91 Å². The normalized spacial score (nSPS) is 18.2. The van der Waals surface area contributed by atoms with Gasteiger partial charge in [-0.05, 0) is 37.0 Å². The summed E-state index contributed by atoms with van der Waals surface area (Å²) in [4.78, 5) is 22.5. The van der Waals surface area contributed by atoms with Crippen LogP contribution in [-0.4, -0.2) is 35.4 Å². The van der Waals surface area contributed by atoms with E-state index in [4.69, 9.17) is 9.84 Å². The first kappa shape index (κ1) is 15.9. The quantitative estimate of drug-likeness (QED) is 0.844. The van der Waals surface area contributed by atoms with Crippen LogP contribution < -0.4 is 5.32 Å². The number of carboxylic acid groups (broad SMARTS) is 1. The Labute approximate surface area is 128 Å². The van der Waals surface area contributed by atoms with E-state index < -0.39 is 5.97 Å². The number of amides is 1. The molecule has 0 aromatic heterocycles. The first-order chi connectivity index (χ1) is 10.1. The fourth-order valence-corrected chi connectivity index (χ4v) is 2.86. The number of hydrogen-bond acceptors (Lipinski definition) is 4. The van der Waals surface area contributed by atoms with Gasteiger partial charge in [0.05, 0.1) is 5.75 Å². The first-order valence-electron chi connectivity index (χ1n) is 6.96. The molecule has 0 bridgehead atoms. The van der Waals surface area contributed by atoms with Crippen molar-refractivity contribution >= 4 is 29.3 Å². The molecule has 114 valence electrons. The zero-order valence-corrected chi connectivity index (χ0v) is 12.5. The standard InChI is InChI=1S/C15H19NO4S/c17-14(18)10-21-9-11-4-3-5-12(8-11)16-15(19)13-6-1-2-7-20-13/h3-5,8,13H,1-2,6-7,9-10H2,(H,16,19)(H,17,18). The van der Waals surface area contributed by atoms with E-state index >= 15 is 0 Å². The van der Waals surface area contributed by atoms with Crippen LogP contribution in [0.1, 0.15) is 24.8 Å². The predicted octanol–water partition coefficient (Wildman–Crippen LogP) is 2.51. The third-order valence-electron chi connectivity index (χ3n) is 3.16. The van der Waals surface area contributed by atoms with Crippen LogP contribution >= 0.6 is 11.8 Å². The number of nitrogens with one attached hydrogen (secondary N) is 1. The van der Waals surface area contributed by atoms with E-state index in [9.17, 15) is 9.59 Å². The summed E-state index contributed by atoms with van der Waals surface area (Å²) in [5, 5.41) is 11.5. The summed E-state index contributed by atoms with van der Waals surface area (Å²) in [5.74, 6) is -0.244. The Morgan fingerprint density at radius 2 is 2.24 bits per heavy atom. The molecule has 1 aliphatic heterocycles. The number of anilines is 1. The van der Waals surface area contributed by atoms with Gasteiger partial charge in [-0.2, -0.15) is 0 Å². The molecule has 1 amide bonds. The van der Waals surface area contributed by atoms with Crippen LogP contribution in [0.15, 0.2) is 24.3 Å². The Hall–Kier alpha value is -1.53. The van der Waals surface area contributed by atoms with Gasteiger partial charge in [-0.3, -0.25) is 9.59 Å². The molecular formula is C15H19NO4S. The minimum Gasteiger partial charge on any atom is -0.481 e. The fourth-order valence-electron chi connectivity index (χ4n) is 2.17. The Morgan fingerprint density at radius 3 is 2.95 bits per heavy atom. The first-order valence-corrected chi connectivity index (χ1v) is 8.11. The maximum absolute atomic E-state index is 12.1. The molecule has 6 heteroatoms. The van der Waals surface area contributed by atoms with Crippen molar-refractivity contribution in [2.45, 2.75) is 31.1 Å². The van der Waals surface area contributed by atoms with E-state index in [-0.39, 0.29) is 17.8 Å². The van der Waals surface area contributed by atoms with Crippen LogP contribution in [0, 0.1) is 0 Å². The van der Waals surface area contributed by atoms with E-state index in [1.54, 1.807) is 0 Å². The monoisotopic (exact) mass is 309 g/mol. The van der Waals surface area contributed by atoms with Gasteiger partial charge >= 0.3 is 5.97 Å². The van der Waals surface area contributed by atoms with Gasteiger partial charge in [0.15, 0.2) is 0 Å². The highest BCUT2D eigenvalue weighted by atomic mass is 32.2. The van der Waals surface area contributed by atoms with Crippen molar-refractivity contribution in [1.29, 1.82) is 0 Å². The molecule has 1 aliphatic rings. The van der Waals surface area contributed by atoms with E-state index in [2.05, 4.69) is 5.32 Å². The molecule has 2 N–H and O–H groups in total. The number of rotatable bonds is 6. The van der Waals surface area contributed by atoms with Gasteiger partial charge in [-0.1, -0.05) is 12.1 Å².